The minimum absolute atomic E-state index is 0.0215. The molecule has 3 aromatic rings. The third kappa shape index (κ3) is 5.37. The maximum Gasteiger partial charge on any atom is 0.247 e. The summed E-state index contributed by atoms with van der Waals surface area (Å²) < 4.78 is 64.3. The molecule has 0 aliphatic carbocycles. The van der Waals surface area contributed by atoms with Gasteiger partial charge < -0.3 is 9.64 Å². The first-order valence-corrected chi connectivity index (χ1v) is 14.9. The van der Waals surface area contributed by atoms with E-state index in [0.29, 0.717) is 10.0 Å². The molecular formula is C29H27BrF2N2O4S. The topological polar surface area (TPSA) is 66.9 Å². The average Bonchev–Trinajstić information content (AvgIpc) is 2.93. The lowest BCUT2D eigenvalue weighted by Crippen LogP contribution is -2.54. The van der Waals surface area contributed by atoms with Gasteiger partial charge in [-0.25, -0.2) is 17.2 Å². The SMILES string of the molecule is CCOc1ccc(Br)cc1S(=O)(=O)N1Cc2ccccc2CC1C(=O)N1CC=C(c2c(F)cccc2F)CC1. The summed E-state index contributed by atoms with van der Waals surface area (Å²) in [5.41, 5.74) is 2.14. The van der Waals surface area contributed by atoms with Crippen LogP contribution < -0.4 is 4.74 Å². The van der Waals surface area contributed by atoms with Crippen molar-refractivity contribution >= 4 is 37.4 Å². The molecule has 3 aromatic carbocycles. The van der Waals surface area contributed by atoms with Crippen LogP contribution in [0.3, 0.4) is 0 Å². The number of ether oxygens (including phenoxy) is 1. The number of hydrogen-bond donors (Lipinski definition) is 0. The summed E-state index contributed by atoms with van der Waals surface area (Å²) in [6, 6.07) is 15.0. The van der Waals surface area contributed by atoms with Gasteiger partial charge >= 0.3 is 0 Å². The average molecular weight is 618 g/mol. The van der Waals surface area contributed by atoms with E-state index in [-0.39, 0.29) is 61.2 Å². The van der Waals surface area contributed by atoms with Gasteiger partial charge in [-0.3, -0.25) is 4.79 Å². The molecular weight excluding hydrogens is 590 g/mol. The molecule has 2 aliphatic rings. The highest BCUT2D eigenvalue weighted by atomic mass is 79.9. The van der Waals surface area contributed by atoms with Crippen LogP contribution >= 0.6 is 15.9 Å². The lowest BCUT2D eigenvalue weighted by atomic mass is 9.94. The first kappa shape index (κ1) is 27.5. The van der Waals surface area contributed by atoms with Crippen molar-refractivity contribution in [3.8, 4) is 5.75 Å². The lowest BCUT2D eigenvalue weighted by molar-refractivity contribution is -0.135. The Bertz CT molecular complexity index is 1540. The van der Waals surface area contributed by atoms with Gasteiger partial charge in [0.2, 0.25) is 15.9 Å². The van der Waals surface area contributed by atoms with Crippen molar-refractivity contribution in [1.82, 2.24) is 9.21 Å². The molecule has 0 saturated carbocycles. The Balaban J connectivity index is 1.49. The number of fused-ring (bicyclic) bond motifs is 1. The highest BCUT2D eigenvalue weighted by Crippen LogP contribution is 2.36. The van der Waals surface area contributed by atoms with Gasteiger partial charge in [0.15, 0.2) is 0 Å². The molecule has 2 aliphatic heterocycles. The molecule has 204 valence electrons. The standard InChI is InChI=1S/C29H27BrF2N2O4S/c1-2-38-26-11-10-22(30)17-27(26)39(36,37)34-18-21-7-4-3-6-20(21)16-25(34)29(35)33-14-12-19(13-15-33)28-23(31)8-5-9-24(28)32/h3-12,17,25H,2,13-16,18H2,1H3. The fourth-order valence-corrected chi connectivity index (χ4v) is 7.39. The summed E-state index contributed by atoms with van der Waals surface area (Å²) in [5.74, 6) is -1.45. The number of sulfonamides is 1. The predicted molar refractivity (Wildman–Crippen MR) is 148 cm³/mol. The molecule has 1 atom stereocenters. The van der Waals surface area contributed by atoms with Crippen LogP contribution in [0.5, 0.6) is 5.75 Å². The van der Waals surface area contributed by atoms with Gasteiger partial charge in [0.25, 0.3) is 0 Å². The smallest absolute Gasteiger partial charge is 0.247 e. The van der Waals surface area contributed by atoms with Crippen molar-refractivity contribution in [2.24, 2.45) is 0 Å². The van der Waals surface area contributed by atoms with Crippen LogP contribution in [0.15, 0.2) is 76.1 Å². The van der Waals surface area contributed by atoms with Crippen molar-refractivity contribution in [1.29, 1.82) is 0 Å². The van der Waals surface area contributed by atoms with E-state index in [1.165, 1.54) is 28.6 Å². The Hall–Kier alpha value is -3.08. The van der Waals surface area contributed by atoms with Gasteiger partial charge in [0.05, 0.1) is 6.61 Å². The number of amides is 1. The molecule has 0 spiro atoms. The molecule has 2 heterocycles. The highest BCUT2D eigenvalue weighted by Gasteiger charge is 2.42. The van der Waals surface area contributed by atoms with Crippen LogP contribution in [0.25, 0.3) is 5.57 Å². The molecule has 10 heteroatoms. The second kappa shape index (κ2) is 11.2. The van der Waals surface area contributed by atoms with Gasteiger partial charge in [-0.1, -0.05) is 52.3 Å². The maximum atomic E-state index is 14.3. The quantitative estimate of drug-likeness (QED) is 0.364. The number of benzene rings is 3. The zero-order chi connectivity index (χ0) is 27.7. The third-order valence-corrected chi connectivity index (χ3v) is 9.46. The normalized spacial score (nSPS) is 17.9. The predicted octanol–water partition coefficient (Wildman–Crippen LogP) is 5.56. The molecule has 1 unspecified atom stereocenters. The Morgan fingerprint density at radius 2 is 1.77 bits per heavy atom. The van der Waals surface area contributed by atoms with Crippen molar-refractivity contribution in [2.75, 3.05) is 19.7 Å². The molecule has 0 bridgehead atoms. The van der Waals surface area contributed by atoms with Gasteiger partial charge in [-0.05, 0) is 66.8 Å². The van der Waals surface area contributed by atoms with Crippen molar-refractivity contribution in [2.45, 2.75) is 37.2 Å². The van der Waals surface area contributed by atoms with E-state index in [2.05, 4.69) is 15.9 Å². The molecule has 39 heavy (non-hydrogen) atoms. The number of carbonyl (C=O) groups is 1. The summed E-state index contributed by atoms with van der Waals surface area (Å²) in [6.07, 6.45) is 2.10. The van der Waals surface area contributed by atoms with Gasteiger partial charge in [0.1, 0.15) is 28.3 Å². The van der Waals surface area contributed by atoms with Crippen molar-refractivity contribution in [3.05, 3.63) is 99.5 Å². The molecule has 0 saturated heterocycles. The highest BCUT2D eigenvalue weighted by molar-refractivity contribution is 9.10. The van der Waals surface area contributed by atoms with Crippen molar-refractivity contribution in [3.63, 3.8) is 0 Å². The third-order valence-electron chi connectivity index (χ3n) is 7.09. The molecule has 6 nitrogen and oxygen atoms in total. The van der Waals surface area contributed by atoms with E-state index < -0.39 is 27.7 Å². The Morgan fingerprint density at radius 3 is 2.44 bits per heavy atom. The maximum absolute atomic E-state index is 14.3. The fraction of sp³-hybridized carbons (Fsp3) is 0.276. The summed E-state index contributed by atoms with van der Waals surface area (Å²) in [7, 11) is -4.16. The number of nitrogens with zero attached hydrogens (tertiary/aromatic N) is 2. The molecule has 0 fully saturated rings. The first-order chi connectivity index (χ1) is 18.7. The molecule has 0 aromatic heterocycles. The minimum atomic E-state index is -4.16. The van der Waals surface area contributed by atoms with E-state index in [9.17, 15) is 22.0 Å². The largest absolute Gasteiger partial charge is 0.492 e. The Labute approximate surface area is 235 Å². The van der Waals surface area contributed by atoms with Gasteiger partial charge in [-0.15, -0.1) is 0 Å². The van der Waals surface area contributed by atoms with Crippen LogP contribution in [0.1, 0.15) is 30.0 Å². The first-order valence-electron chi connectivity index (χ1n) is 12.6. The summed E-state index contributed by atoms with van der Waals surface area (Å²) in [5, 5.41) is 0. The number of halogens is 3. The summed E-state index contributed by atoms with van der Waals surface area (Å²) >= 11 is 3.36. The van der Waals surface area contributed by atoms with E-state index in [1.54, 1.807) is 30.0 Å². The summed E-state index contributed by atoms with van der Waals surface area (Å²) in [6.45, 7) is 2.41. The van der Waals surface area contributed by atoms with E-state index in [0.717, 1.165) is 11.1 Å². The minimum Gasteiger partial charge on any atom is -0.492 e. The van der Waals surface area contributed by atoms with Crippen LogP contribution in [0, 0.1) is 11.6 Å². The van der Waals surface area contributed by atoms with E-state index in [4.69, 9.17) is 4.74 Å². The zero-order valence-corrected chi connectivity index (χ0v) is 23.6. The second-order valence-electron chi connectivity index (χ2n) is 9.42. The summed E-state index contributed by atoms with van der Waals surface area (Å²) in [4.78, 5) is 15.4. The number of rotatable bonds is 6. The second-order valence-corrected chi connectivity index (χ2v) is 12.2. The zero-order valence-electron chi connectivity index (χ0n) is 21.2. The van der Waals surface area contributed by atoms with E-state index >= 15 is 0 Å². The van der Waals surface area contributed by atoms with Crippen molar-refractivity contribution < 1.29 is 26.7 Å². The lowest BCUT2D eigenvalue weighted by Gasteiger charge is -2.38. The van der Waals surface area contributed by atoms with E-state index in [1.807, 2.05) is 24.3 Å². The van der Waals surface area contributed by atoms with Gasteiger partial charge in [0, 0.05) is 29.7 Å². The molecule has 0 N–H and O–H groups in total. The Morgan fingerprint density at radius 1 is 1.05 bits per heavy atom. The van der Waals surface area contributed by atoms with Crippen LogP contribution in [-0.2, 0) is 27.8 Å². The molecule has 0 radical (unpaired) electrons. The molecule has 5 rings (SSSR count). The van der Waals surface area contributed by atoms with Crippen LogP contribution in [0.2, 0.25) is 0 Å². The Kier molecular flexibility index (Phi) is 7.89. The number of hydrogen-bond acceptors (Lipinski definition) is 4. The fourth-order valence-electron chi connectivity index (χ4n) is 5.16. The van der Waals surface area contributed by atoms with Crippen LogP contribution in [-0.4, -0.2) is 49.3 Å². The number of carbonyl (C=O) groups excluding carboxylic acids is 1. The molecule has 1 amide bonds. The monoisotopic (exact) mass is 616 g/mol. The van der Waals surface area contributed by atoms with Gasteiger partial charge in [-0.2, -0.15) is 4.31 Å². The van der Waals surface area contributed by atoms with Crippen LogP contribution in [0.4, 0.5) is 8.78 Å².